The lowest BCUT2D eigenvalue weighted by Crippen LogP contribution is -2.24. The molecule has 0 saturated carbocycles. The average Bonchev–Trinajstić information content (AvgIpc) is 2.65. The minimum Gasteiger partial charge on any atom is -0.493 e. The Labute approximate surface area is 166 Å². The summed E-state index contributed by atoms with van der Waals surface area (Å²) in [5.74, 6) is -1.48. The van der Waals surface area contributed by atoms with E-state index in [1.807, 2.05) is 43.3 Å². The Bertz CT molecular complexity index is 873. The molecule has 2 aromatic carbocycles. The molecule has 0 atom stereocenters. The fourth-order valence-electron chi connectivity index (χ4n) is 2.63. The van der Waals surface area contributed by atoms with Crippen molar-refractivity contribution in [2.75, 3.05) is 21.2 Å². The highest BCUT2D eigenvalue weighted by Crippen LogP contribution is 2.35. The number of hydrogen-bond donors (Lipinski definition) is 1. The number of carbonyl (C=O) groups is 1. The van der Waals surface area contributed by atoms with E-state index in [0.29, 0.717) is 0 Å². The number of amides is 1. The first-order valence-corrected chi connectivity index (χ1v) is 8.53. The summed E-state index contributed by atoms with van der Waals surface area (Å²) in [5, 5.41) is 13.9. The van der Waals surface area contributed by atoms with Gasteiger partial charge in [-0.2, -0.15) is 8.78 Å². The van der Waals surface area contributed by atoms with E-state index in [9.17, 15) is 23.7 Å². The van der Waals surface area contributed by atoms with E-state index in [2.05, 4.69) is 10.1 Å². The largest absolute Gasteiger partial charge is 0.493 e. The van der Waals surface area contributed by atoms with Crippen molar-refractivity contribution in [1.29, 1.82) is 0 Å². The van der Waals surface area contributed by atoms with E-state index in [1.165, 1.54) is 7.11 Å². The third kappa shape index (κ3) is 6.11. The van der Waals surface area contributed by atoms with Crippen molar-refractivity contribution in [3.63, 3.8) is 0 Å². The lowest BCUT2D eigenvalue weighted by molar-refractivity contribution is -0.385. The first-order chi connectivity index (χ1) is 13.7. The molecule has 0 radical (unpaired) electrons. The maximum Gasteiger partial charge on any atom is 0.387 e. The Kier molecular flexibility index (Phi) is 7.43. The summed E-state index contributed by atoms with van der Waals surface area (Å²) in [7, 11) is 5.08. The Balaban J connectivity index is 2.19. The minimum absolute atomic E-state index is 0.135. The van der Waals surface area contributed by atoms with Crippen molar-refractivity contribution in [1.82, 2.24) is 10.2 Å². The number of nitro benzene ring substituents is 1. The minimum atomic E-state index is -3.20. The monoisotopic (exact) mass is 409 g/mol. The van der Waals surface area contributed by atoms with Gasteiger partial charge in [0.1, 0.15) is 5.56 Å². The summed E-state index contributed by atoms with van der Waals surface area (Å²) in [6, 6.07) is 9.27. The number of rotatable bonds is 9. The van der Waals surface area contributed by atoms with Crippen LogP contribution in [-0.2, 0) is 13.1 Å². The molecule has 0 aliphatic rings. The molecule has 0 fully saturated rings. The van der Waals surface area contributed by atoms with Crippen LogP contribution in [0.4, 0.5) is 14.5 Å². The van der Waals surface area contributed by atoms with E-state index >= 15 is 0 Å². The molecule has 0 aromatic heterocycles. The van der Waals surface area contributed by atoms with Gasteiger partial charge in [0.15, 0.2) is 11.5 Å². The molecule has 1 amide bonds. The van der Waals surface area contributed by atoms with Crippen LogP contribution >= 0.6 is 0 Å². The number of halogens is 2. The molecule has 2 rings (SSSR count). The van der Waals surface area contributed by atoms with Gasteiger partial charge >= 0.3 is 6.61 Å². The molecule has 8 nitrogen and oxygen atoms in total. The van der Waals surface area contributed by atoms with Crippen LogP contribution in [0, 0.1) is 10.1 Å². The van der Waals surface area contributed by atoms with Crippen LogP contribution in [0.5, 0.6) is 11.5 Å². The third-order valence-electron chi connectivity index (χ3n) is 3.91. The average molecular weight is 409 g/mol. The number of nitro groups is 1. The molecule has 1 N–H and O–H groups in total. The maximum absolute atomic E-state index is 12.5. The van der Waals surface area contributed by atoms with Crippen LogP contribution in [0.1, 0.15) is 21.5 Å². The second-order valence-electron chi connectivity index (χ2n) is 6.39. The first-order valence-electron chi connectivity index (χ1n) is 8.53. The molecule has 156 valence electrons. The smallest absolute Gasteiger partial charge is 0.387 e. The van der Waals surface area contributed by atoms with Gasteiger partial charge in [-0.15, -0.1) is 0 Å². The van der Waals surface area contributed by atoms with E-state index in [1.54, 1.807) is 0 Å². The SMILES string of the molecule is COc1cc(C(=O)NCc2ccc(CN(C)C)cc2)c([N+](=O)[O-])cc1OC(F)F. The van der Waals surface area contributed by atoms with Crippen LogP contribution in [-0.4, -0.2) is 43.5 Å². The number of carbonyl (C=O) groups excluding carboxylic acids is 1. The lowest BCUT2D eigenvalue weighted by atomic mass is 10.1. The van der Waals surface area contributed by atoms with Gasteiger partial charge in [0, 0.05) is 19.2 Å². The van der Waals surface area contributed by atoms with Crippen molar-refractivity contribution in [2.45, 2.75) is 19.7 Å². The molecule has 0 aliphatic heterocycles. The van der Waals surface area contributed by atoms with E-state index in [0.717, 1.165) is 29.8 Å². The van der Waals surface area contributed by atoms with Crippen LogP contribution in [0.25, 0.3) is 0 Å². The molecule has 0 saturated heterocycles. The number of alkyl halides is 2. The quantitative estimate of drug-likeness (QED) is 0.505. The first kappa shape index (κ1) is 22.0. The zero-order valence-electron chi connectivity index (χ0n) is 16.1. The molecule has 0 aliphatic carbocycles. The number of hydrogen-bond acceptors (Lipinski definition) is 6. The number of benzene rings is 2. The van der Waals surface area contributed by atoms with Crippen molar-refractivity contribution in [3.8, 4) is 11.5 Å². The fraction of sp³-hybridized carbons (Fsp3) is 0.316. The van der Waals surface area contributed by atoms with E-state index < -0.39 is 28.9 Å². The third-order valence-corrected chi connectivity index (χ3v) is 3.91. The summed E-state index contributed by atoms with van der Waals surface area (Å²) in [4.78, 5) is 25.0. The second-order valence-corrected chi connectivity index (χ2v) is 6.39. The Hall–Kier alpha value is -3.27. The van der Waals surface area contributed by atoms with Gasteiger partial charge in [-0.25, -0.2) is 0 Å². The zero-order valence-corrected chi connectivity index (χ0v) is 16.1. The molecule has 29 heavy (non-hydrogen) atoms. The fourth-order valence-corrected chi connectivity index (χ4v) is 2.63. The highest BCUT2D eigenvalue weighted by Gasteiger charge is 2.25. The molecule has 0 spiro atoms. The predicted molar refractivity (Wildman–Crippen MR) is 101 cm³/mol. The number of nitrogens with one attached hydrogen (secondary N) is 1. The highest BCUT2D eigenvalue weighted by molar-refractivity contribution is 5.99. The Morgan fingerprint density at radius 1 is 1.17 bits per heavy atom. The van der Waals surface area contributed by atoms with Gasteiger partial charge < -0.3 is 19.7 Å². The topological polar surface area (TPSA) is 93.9 Å². The molecular weight excluding hydrogens is 388 g/mol. The number of methoxy groups -OCH3 is 1. The molecule has 10 heteroatoms. The lowest BCUT2D eigenvalue weighted by Gasteiger charge is -2.13. The molecule has 0 heterocycles. The summed E-state index contributed by atoms with van der Waals surface area (Å²) in [6.07, 6.45) is 0. The Morgan fingerprint density at radius 2 is 1.79 bits per heavy atom. The standard InChI is InChI=1S/C19H21F2N3O5/c1-23(2)11-13-6-4-12(5-7-13)10-22-18(25)14-8-16(28-3)17(29-19(20)21)9-15(14)24(26)27/h4-9,19H,10-11H2,1-3H3,(H,22,25). The van der Waals surface area contributed by atoms with Crippen LogP contribution in [0.2, 0.25) is 0 Å². The van der Waals surface area contributed by atoms with E-state index in [4.69, 9.17) is 4.74 Å². The van der Waals surface area contributed by atoms with Crippen LogP contribution in [0.15, 0.2) is 36.4 Å². The van der Waals surface area contributed by atoms with Crippen molar-refractivity contribution in [2.24, 2.45) is 0 Å². The molecule has 0 unspecified atom stereocenters. The van der Waals surface area contributed by atoms with Crippen molar-refractivity contribution < 1.29 is 28.0 Å². The summed E-state index contributed by atoms with van der Waals surface area (Å²) in [6.45, 7) is -2.29. The van der Waals surface area contributed by atoms with Gasteiger partial charge in [0.2, 0.25) is 0 Å². The normalized spacial score (nSPS) is 10.9. The van der Waals surface area contributed by atoms with Gasteiger partial charge in [0.25, 0.3) is 11.6 Å². The summed E-state index contributed by atoms with van der Waals surface area (Å²) < 4.78 is 34.2. The second kappa shape index (κ2) is 9.78. The van der Waals surface area contributed by atoms with Crippen molar-refractivity contribution in [3.05, 3.63) is 63.2 Å². The highest BCUT2D eigenvalue weighted by atomic mass is 19.3. The number of nitrogens with zero attached hydrogens (tertiary/aromatic N) is 2. The molecule has 0 bridgehead atoms. The molecular formula is C19H21F2N3O5. The Morgan fingerprint density at radius 3 is 2.31 bits per heavy atom. The summed E-state index contributed by atoms with van der Waals surface area (Å²) in [5.41, 5.74) is 0.908. The van der Waals surface area contributed by atoms with Gasteiger partial charge in [-0.05, 0) is 25.2 Å². The van der Waals surface area contributed by atoms with Gasteiger partial charge in [0.05, 0.1) is 18.1 Å². The van der Waals surface area contributed by atoms with Crippen molar-refractivity contribution >= 4 is 11.6 Å². The van der Waals surface area contributed by atoms with Crippen LogP contribution in [0.3, 0.4) is 0 Å². The maximum atomic E-state index is 12.5. The van der Waals surface area contributed by atoms with Gasteiger partial charge in [-0.1, -0.05) is 24.3 Å². The molecule has 2 aromatic rings. The van der Waals surface area contributed by atoms with Crippen LogP contribution < -0.4 is 14.8 Å². The summed E-state index contributed by atoms with van der Waals surface area (Å²) >= 11 is 0. The zero-order chi connectivity index (χ0) is 21.6. The van der Waals surface area contributed by atoms with E-state index in [-0.39, 0.29) is 17.9 Å². The number of ether oxygens (including phenoxy) is 2. The predicted octanol–water partition coefficient (Wildman–Crippen LogP) is 3.20. The van der Waals surface area contributed by atoms with Gasteiger partial charge in [-0.3, -0.25) is 14.9 Å².